The number of carboxylic acids is 1. The van der Waals surface area contributed by atoms with E-state index in [1.165, 1.54) is 24.3 Å². The van der Waals surface area contributed by atoms with E-state index in [9.17, 15) is 14.0 Å². The average Bonchev–Trinajstić information content (AvgIpc) is 2.29. The number of anilines is 1. The zero-order chi connectivity index (χ0) is 16.0. The second-order valence-electron chi connectivity index (χ2n) is 5.37. The molecule has 0 aliphatic heterocycles. The molecule has 0 aliphatic rings. The van der Waals surface area contributed by atoms with Crippen LogP contribution in [0.5, 0.6) is 0 Å². The van der Waals surface area contributed by atoms with Crippen molar-refractivity contribution < 1.29 is 23.8 Å². The first-order valence-corrected chi connectivity index (χ1v) is 6.35. The van der Waals surface area contributed by atoms with Gasteiger partial charge in [0.25, 0.3) is 0 Å². The van der Waals surface area contributed by atoms with Crippen LogP contribution in [0.4, 0.5) is 14.9 Å². The second-order valence-corrected chi connectivity index (χ2v) is 5.37. The Morgan fingerprint density at radius 3 is 2.57 bits per heavy atom. The number of amides is 1. The fraction of sp³-hybridized carbons (Fsp3) is 0.333. The Bertz CT molecular complexity index is 561. The highest BCUT2D eigenvalue weighted by Gasteiger charge is 2.17. The lowest BCUT2D eigenvalue weighted by Crippen LogP contribution is -2.27. The molecule has 0 saturated heterocycles. The van der Waals surface area contributed by atoms with E-state index in [2.05, 4.69) is 5.32 Å². The molecule has 0 fully saturated rings. The Morgan fingerprint density at radius 2 is 2.05 bits per heavy atom. The number of hydrogen-bond acceptors (Lipinski definition) is 3. The van der Waals surface area contributed by atoms with E-state index in [0.717, 1.165) is 0 Å². The zero-order valence-corrected chi connectivity index (χ0v) is 12.1. The van der Waals surface area contributed by atoms with Crippen molar-refractivity contribution >= 4 is 23.8 Å². The minimum Gasteiger partial charge on any atom is -0.481 e. The van der Waals surface area contributed by atoms with Crippen LogP contribution in [0.15, 0.2) is 24.3 Å². The number of rotatable bonds is 4. The maximum Gasteiger partial charge on any atom is 0.412 e. The monoisotopic (exact) mass is 295 g/mol. The van der Waals surface area contributed by atoms with Crippen LogP contribution in [0, 0.1) is 5.82 Å². The van der Waals surface area contributed by atoms with Crippen molar-refractivity contribution in [3.8, 4) is 0 Å². The van der Waals surface area contributed by atoms with Gasteiger partial charge in [0.2, 0.25) is 0 Å². The minimum absolute atomic E-state index is 0.000338. The van der Waals surface area contributed by atoms with Crippen LogP contribution in [0.25, 0.3) is 6.08 Å². The van der Waals surface area contributed by atoms with Crippen molar-refractivity contribution in [1.82, 2.24) is 0 Å². The van der Waals surface area contributed by atoms with Crippen LogP contribution in [0.2, 0.25) is 0 Å². The van der Waals surface area contributed by atoms with Gasteiger partial charge in [0, 0.05) is 0 Å². The molecule has 0 spiro atoms. The largest absolute Gasteiger partial charge is 0.481 e. The van der Waals surface area contributed by atoms with Gasteiger partial charge in [-0.2, -0.15) is 0 Å². The quantitative estimate of drug-likeness (QED) is 0.888. The molecular formula is C15H18FNO4. The van der Waals surface area contributed by atoms with Gasteiger partial charge >= 0.3 is 12.1 Å². The normalized spacial score (nSPS) is 11.4. The van der Waals surface area contributed by atoms with Gasteiger partial charge in [0.05, 0.1) is 12.1 Å². The number of carbonyl (C=O) groups excluding carboxylic acids is 1. The van der Waals surface area contributed by atoms with E-state index >= 15 is 0 Å². The lowest BCUT2D eigenvalue weighted by Gasteiger charge is -2.19. The molecule has 0 heterocycles. The highest BCUT2D eigenvalue weighted by atomic mass is 19.1. The van der Waals surface area contributed by atoms with Gasteiger partial charge in [-0.1, -0.05) is 18.2 Å². The number of ether oxygens (including phenoxy) is 1. The summed E-state index contributed by atoms with van der Waals surface area (Å²) in [6.45, 7) is 5.12. The number of carbonyl (C=O) groups is 2. The second kappa shape index (κ2) is 6.88. The summed E-state index contributed by atoms with van der Waals surface area (Å²) in [7, 11) is 0. The van der Waals surface area contributed by atoms with Gasteiger partial charge in [-0.25, -0.2) is 9.18 Å². The van der Waals surface area contributed by atoms with Gasteiger partial charge in [0.1, 0.15) is 11.4 Å². The summed E-state index contributed by atoms with van der Waals surface area (Å²) in [4.78, 5) is 21.9. The molecule has 0 saturated carbocycles. The molecule has 1 aromatic rings. The summed E-state index contributed by atoms with van der Waals surface area (Å²) in [5.41, 5.74) is -0.164. The molecule has 5 nitrogen and oxygen atoms in total. The number of hydrogen-bond donors (Lipinski definition) is 2. The van der Waals surface area contributed by atoms with Crippen molar-refractivity contribution in [3.63, 3.8) is 0 Å². The molecule has 0 unspecified atom stereocenters. The fourth-order valence-corrected chi connectivity index (χ4v) is 1.45. The predicted octanol–water partition coefficient (Wildman–Crippen LogP) is 3.66. The van der Waals surface area contributed by atoms with Crippen LogP contribution in [0.1, 0.15) is 32.8 Å². The van der Waals surface area contributed by atoms with Crippen LogP contribution >= 0.6 is 0 Å². The van der Waals surface area contributed by atoms with E-state index in [4.69, 9.17) is 9.84 Å². The summed E-state index contributed by atoms with van der Waals surface area (Å²) >= 11 is 0. The smallest absolute Gasteiger partial charge is 0.412 e. The molecule has 2 N–H and O–H groups in total. The average molecular weight is 295 g/mol. The maximum atomic E-state index is 13.8. The first-order chi connectivity index (χ1) is 9.67. The van der Waals surface area contributed by atoms with Gasteiger partial charge in [-0.15, -0.1) is 0 Å². The third kappa shape index (κ3) is 6.56. The Labute approximate surface area is 122 Å². The molecule has 6 heteroatoms. The molecule has 114 valence electrons. The van der Waals surface area contributed by atoms with Crippen molar-refractivity contribution in [2.75, 3.05) is 5.32 Å². The number of aliphatic carboxylic acids is 1. The highest BCUT2D eigenvalue weighted by Crippen LogP contribution is 2.18. The maximum absolute atomic E-state index is 13.8. The van der Waals surface area contributed by atoms with E-state index in [0.29, 0.717) is 5.56 Å². The van der Waals surface area contributed by atoms with E-state index in [1.54, 1.807) is 26.8 Å². The summed E-state index contributed by atoms with van der Waals surface area (Å²) in [6, 6.07) is 4.15. The molecule has 1 aromatic carbocycles. The Morgan fingerprint density at radius 1 is 1.38 bits per heavy atom. The minimum atomic E-state index is -0.963. The van der Waals surface area contributed by atoms with Crippen molar-refractivity contribution in [3.05, 3.63) is 35.7 Å². The van der Waals surface area contributed by atoms with Crippen molar-refractivity contribution in [1.29, 1.82) is 0 Å². The van der Waals surface area contributed by atoms with E-state index in [-0.39, 0.29) is 12.1 Å². The molecule has 0 atom stereocenters. The molecule has 0 aromatic heterocycles. The lowest BCUT2D eigenvalue weighted by molar-refractivity contribution is -0.135. The molecule has 1 amide bonds. The Balaban J connectivity index is 2.72. The first-order valence-electron chi connectivity index (χ1n) is 6.35. The van der Waals surface area contributed by atoms with Crippen LogP contribution in [0.3, 0.4) is 0 Å². The number of benzene rings is 1. The lowest BCUT2D eigenvalue weighted by atomic mass is 10.1. The van der Waals surface area contributed by atoms with Crippen LogP contribution in [-0.2, 0) is 9.53 Å². The zero-order valence-electron chi connectivity index (χ0n) is 12.1. The fourth-order valence-electron chi connectivity index (χ4n) is 1.45. The summed E-state index contributed by atoms with van der Waals surface area (Å²) in [5, 5.41) is 10.8. The molecule has 0 bridgehead atoms. The molecule has 0 aliphatic carbocycles. The van der Waals surface area contributed by atoms with Crippen LogP contribution < -0.4 is 5.32 Å². The standard InChI is InChI=1S/C15H18FNO4/c1-15(2,3)21-14(20)17-12-8-7-10(9-11(12)16)5-4-6-13(18)19/h4-5,7-9H,6H2,1-3H3,(H,17,20)(H,18,19). The Kier molecular flexibility index (Phi) is 5.46. The van der Waals surface area contributed by atoms with E-state index < -0.39 is 23.5 Å². The number of halogens is 1. The molecule has 21 heavy (non-hydrogen) atoms. The van der Waals surface area contributed by atoms with Gasteiger partial charge in [-0.05, 0) is 38.5 Å². The molecule has 0 radical (unpaired) electrons. The summed E-state index contributed by atoms with van der Waals surface area (Å²) in [6.07, 6.45) is 2.03. The van der Waals surface area contributed by atoms with Crippen molar-refractivity contribution in [2.24, 2.45) is 0 Å². The topological polar surface area (TPSA) is 75.6 Å². The van der Waals surface area contributed by atoms with Gasteiger partial charge in [-0.3, -0.25) is 10.1 Å². The van der Waals surface area contributed by atoms with Gasteiger partial charge in [0.15, 0.2) is 0 Å². The van der Waals surface area contributed by atoms with Crippen molar-refractivity contribution in [2.45, 2.75) is 32.8 Å². The third-order valence-corrected chi connectivity index (χ3v) is 2.23. The molecular weight excluding hydrogens is 277 g/mol. The predicted molar refractivity (Wildman–Crippen MR) is 77.5 cm³/mol. The number of carboxylic acid groups (broad SMARTS) is 1. The number of nitrogens with one attached hydrogen (secondary N) is 1. The summed E-state index contributed by atoms with van der Waals surface area (Å²) < 4.78 is 18.8. The Hall–Kier alpha value is -2.37. The van der Waals surface area contributed by atoms with Crippen LogP contribution in [-0.4, -0.2) is 22.8 Å². The van der Waals surface area contributed by atoms with Gasteiger partial charge < -0.3 is 9.84 Å². The first kappa shape index (κ1) is 16.7. The SMILES string of the molecule is CC(C)(C)OC(=O)Nc1ccc(C=CCC(=O)O)cc1F. The van der Waals surface area contributed by atoms with E-state index in [1.807, 2.05) is 0 Å². The highest BCUT2D eigenvalue weighted by molar-refractivity contribution is 5.85. The molecule has 1 rings (SSSR count). The summed E-state index contributed by atoms with van der Waals surface area (Å²) in [5.74, 6) is -1.59. The third-order valence-electron chi connectivity index (χ3n) is 2.23.